The second-order valence-corrected chi connectivity index (χ2v) is 16.8. The normalized spacial score (nSPS) is 15.4. The van der Waals surface area contributed by atoms with Gasteiger partial charge in [-0.2, -0.15) is 0 Å². The summed E-state index contributed by atoms with van der Waals surface area (Å²) in [5.41, 5.74) is 21.8. The highest BCUT2D eigenvalue weighted by atomic mass is 15.2. The summed E-state index contributed by atoms with van der Waals surface area (Å²) in [6, 6.07) is 69.4. The molecule has 1 atom stereocenters. The van der Waals surface area contributed by atoms with Crippen molar-refractivity contribution in [2.24, 2.45) is 0 Å². The van der Waals surface area contributed by atoms with Crippen molar-refractivity contribution in [2.45, 2.75) is 19.0 Å². The van der Waals surface area contributed by atoms with Gasteiger partial charge in [-0.15, -0.1) is 0 Å². The smallest absolute Gasteiger partial charge is 0.131 e. The summed E-state index contributed by atoms with van der Waals surface area (Å²) in [6.07, 6.45) is 4.41. The third-order valence-electron chi connectivity index (χ3n) is 13.7. The van der Waals surface area contributed by atoms with Crippen LogP contribution in [-0.4, -0.2) is 13.7 Å². The molecule has 0 bridgehead atoms. The molecule has 4 nitrogen and oxygen atoms in total. The van der Waals surface area contributed by atoms with Gasteiger partial charge in [0.2, 0.25) is 0 Å². The molecule has 3 aliphatic rings. The Hall–Kier alpha value is -7.82. The van der Waals surface area contributed by atoms with Gasteiger partial charge in [0.25, 0.3) is 0 Å². The maximum atomic E-state index is 3.99. The molecule has 2 aliphatic heterocycles. The Labute approximate surface area is 352 Å². The van der Waals surface area contributed by atoms with E-state index in [4.69, 9.17) is 0 Å². The molecule has 1 unspecified atom stereocenters. The van der Waals surface area contributed by atoms with Crippen LogP contribution in [0.15, 0.2) is 188 Å². The van der Waals surface area contributed by atoms with E-state index in [2.05, 4.69) is 213 Å². The van der Waals surface area contributed by atoms with E-state index in [1.54, 1.807) is 0 Å². The largest absolute Gasteiger partial charge is 0.361 e. The van der Waals surface area contributed by atoms with E-state index in [9.17, 15) is 0 Å². The Morgan fingerprint density at radius 2 is 1.11 bits per heavy atom. The molecule has 61 heavy (non-hydrogen) atoms. The number of fused-ring (bicyclic) bond motifs is 13. The zero-order chi connectivity index (χ0) is 39.8. The number of para-hydroxylation sites is 5. The van der Waals surface area contributed by atoms with E-state index in [0.717, 1.165) is 12.8 Å². The molecule has 14 rings (SSSR count). The van der Waals surface area contributed by atoms with Crippen LogP contribution >= 0.6 is 0 Å². The zero-order valence-corrected chi connectivity index (χ0v) is 33.3. The van der Waals surface area contributed by atoms with E-state index in [1.165, 1.54) is 122 Å². The van der Waals surface area contributed by atoms with Crippen molar-refractivity contribution in [1.82, 2.24) is 13.7 Å². The van der Waals surface area contributed by atoms with Gasteiger partial charge < -0.3 is 19.0 Å². The van der Waals surface area contributed by atoms with Crippen molar-refractivity contribution in [3.8, 4) is 11.4 Å². The summed E-state index contributed by atoms with van der Waals surface area (Å²) in [5.74, 6) is 0. The fourth-order valence-electron chi connectivity index (χ4n) is 11.2. The van der Waals surface area contributed by atoms with Crippen molar-refractivity contribution >= 4 is 83.0 Å². The van der Waals surface area contributed by atoms with E-state index in [-0.39, 0.29) is 6.17 Å². The summed E-state index contributed by atoms with van der Waals surface area (Å²) >= 11 is 0. The van der Waals surface area contributed by atoms with Gasteiger partial charge in [0.1, 0.15) is 6.17 Å². The van der Waals surface area contributed by atoms with Crippen molar-refractivity contribution in [3.63, 3.8) is 0 Å². The molecule has 5 heterocycles. The van der Waals surface area contributed by atoms with E-state index >= 15 is 0 Å². The average molecular weight is 779 g/mol. The van der Waals surface area contributed by atoms with Gasteiger partial charge in [-0.1, -0.05) is 127 Å². The van der Waals surface area contributed by atoms with Crippen molar-refractivity contribution in [3.05, 3.63) is 222 Å². The topological polar surface area (TPSA) is 26.8 Å². The highest BCUT2D eigenvalue weighted by Crippen LogP contribution is 2.54. The molecule has 0 amide bonds. The van der Waals surface area contributed by atoms with Gasteiger partial charge in [0, 0.05) is 72.0 Å². The highest BCUT2D eigenvalue weighted by Gasteiger charge is 2.38. The molecule has 1 aliphatic carbocycles. The lowest BCUT2D eigenvalue weighted by molar-refractivity contribution is 0.763. The molecule has 3 aromatic heterocycles. The molecule has 0 fully saturated rings. The predicted molar refractivity (Wildman–Crippen MR) is 255 cm³/mol. The minimum atomic E-state index is -0.00816. The first kappa shape index (κ1) is 33.1. The van der Waals surface area contributed by atoms with Crippen LogP contribution in [0.25, 0.3) is 88.7 Å². The number of rotatable bonds is 4. The van der Waals surface area contributed by atoms with Gasteiger partial charge in [-0.05, 0) is 102 Å². The lowest BCUT2D eigenvalue weighted by atomic mass is 9.85. The molecule has 8 aromatic carbocycles. The maximum absolute atomic E-state index is 3.99. The number of nitrogens with zero attached hydrogens (tertiary/aromatic N) is 3. The van der Waals surface area contributed by atoms with Crippen molar-refractivity contribution in [1.29, 1.82) is 0 Å². The fourth-order valence-corrected chi connectivity index (χ4v) is 11.2. The SMILES string of the molecule is C1=C(c2ccc3c(c2)c2ccccc2n3-c2ccccc2)CCc2c1c1ccccc1n2-c1ccc2c(c1)c1cccc3c1n2C1Nc2ccccc2C(c2ccccc2)=C31. The number of hydrogen-bond donors (Lipinski definition) is 1. The standard InChI is InChI=1S/C57H38N4/c1-3-14-35(15-4-1)54-43-20-7-10-23-48(43)58-57-55(54)44-22-13-21-42-47-34-39(28-31-53(47)61(57)56(42)44)60-50-25-12-9-19-41(50)46-33-37(27-30-52(46)60)36-26-29-51-45(32-36)40-18-8-11-24-49(40)59(51)38-16-5-2-6-17-38/h1-26,28-29,31-34,57-58H,27,30H2. The first-order valence-electron chi connectivity index (χ1n) is 21.4. The van der Waals surface area contributed by atoms with Gasteiger partial charge in [-0.25, -0.2) is 0 Å². The fraction of sp³-hybridized carbons (Fsp3) is 0.0526. The second-order valence-electron chi connectivity index (χ2n) is 16.8. The first-order chi connectivity index (χ1) is 30.3. The molecular formula is C57H38N4. The van der Waals surface area contributed by atoms with Gasteiger partial charge in [0.15, 0.2) is 0 Å². The Morgan fingerprint density at radius 1 is 0.443 bits per heavy atom. The number of nitrogens with one attached hydrogen (secondary N) is 1. The van der Waals surface area contributed by atoms with E-state index in [0.29, 0.717) is 0 Å². The lowest BCUT2D eigenvalue weighted by Crippen LogP contribution is -2.21. The molecule has 0 saturated carbocycles. The van der Waals surface area contributed by atoms with Gasteiger partial charge in [0.05, 0.1) is 27.6 Å². The quantitative estimate of drug-likeness (QED) is 0.189. The van der Waals surface area contributed by atoms with E-state index < -0.39 is 0 Å². The van der Waals surface area contributed by atoms with Crippen molar-refractivity contribution in [2.75, 3.05) is 5.32 Å². The predicted octanol–water partition coefficient (Wildman–Crippen LogP) is 14.2. The van der Waals surface area contributed by atoms with E-state index in [1.807, 2.05) is 0 Å². The Kier molecular flexibility index (Phi) is 6.70. The maximum Gasteiger partial charge on any atom is 0.131 e. The van der Waals surface area contributed by atoms with Gasteiger partial charge in [-0.3, -0.25) is 0 Å². The van der Waals surface area contributed by atoms with Crippen LogP contribution in [0.3, 0.4) is 0 Å². The minimum absolute atomic E-state index is 0.00816. The molecular weight excluding hydrogens is 741 g/mol. The summed E-state index contributed by atoms with van der Waals surface area (Å²) in [7, 11) is 0. The Balaban J connectivity index is 0.924. The van der Waals surface area contributed by atoms with Crippen molar-refractivity contribution < 1.29 is 0 Å². The summed E-state index contributed by atoms with van der Waals surface area (Å²) < 4.78 is 7.50. The number of benzene rings is 8. The highest BCUT2D eigenvalue weighted by molar-refractivity contribution is 6.19. The van der Waals surface area contributed by atoms with Crippen LogP contribution in [0.1, 0.15) is 46.1 Å². The van der Waals surface area contributed by atoms with Crippen LogP contribution in [0, 0.1) is 0 Å². The van der Waals surface area contributed by atoms with Crippen LogP contribution in [0.5, 0.6) is 0 Å². The number of hydrogen-bond acceptors (Lipinski definition) is 1. The summed E-state index contributed by atoms with van der Waals surface area (Å²) in [5, 5.41) is 10.5. The van der Waals surface area contributed by atoms with Crippen LogP contribution in [-0.2, 0) is 6.42 Å². The molecule has 0 radical (unpaired) electrons. The van der Waals surface area contributed by atoms with Crippen LogP contribution in [0.4, 0.5) is 5.69 Å². The Bertz CT molecular complexity index is 3720. The summed E-state index contributed by atoms with van der Waals surface area (Å²) in [4.78, 5) is 0. The number of allylic oxidation sites excluding steroid dienone is 1. The third kappa shape index (κ3) is 4.54. The van der Waals surface area contributed by atoms with Crippen LogP contribution < -0.4 is 5.32 Å². The average Bonchev–Trinajstić information content (AvgIpc) is 4.05. The number of anilines is 1. The molecule has 286 valence electrons. The molecule has 1 N–H and O–H groups in total. The monoisotopic (exact) mass is 778 g/mol. The first-order valence-corrected chi connectivity index (χ1v) is 21.4. The zero-order valence-electron chi connectivity index (χ0n) is 33.3. The molecule has 0 saturated heterocycles. The molecule has 4 heteroatoms. The Morgan fingerprint density at radius 3 is 1.98 bits per heavy atom. The summed E-state index contributed by atoms with van der Waals surface area (Å²) in [6.45, 7) is 0. The second kappa shape index (κ2) is 12.4. The lowest BCUT2D eigenvalue weighted by Gasteiger charge is -2.30. The van der Waals surface area contributed by atoms with Gasteiger partial charge >= 0.3 is 0 Å². The minimum Gasteiger partial charge on any atom is -0.361 e. The number of aromatic nitrogens is 3. The third-order valence-corrected chi connectivity index (χ3v) is 13.7. The van der Waals surface area contributed by atoms with Crippen LogP contribution in [0.2, 0.25) is 0 Å². The molecule has 11 aromatic rings. The molecule has 0 spiro atoms.